The Morgan fingerprint density at radius 2 is 1.94 bits per heavy atom. The number of aryl methyl sites for hydroxylation is 1. The molecule has 1 aromatic carbocycles. The predicted octanol–water partition coefficient (Wildman–Crippen LogP) is 5.62. The van der Waals surface area contributed by atoms with Crippen molar-refractivity contribution in [3.63, 3.8) is 0 Å². The lowest BCUT2D eigenvalue weighted by molar-refractivity contribution is 0.103. The van der Waals surface area contributed by atoms with Gasteiger partial charge in [0.2, 0.25) is 0 Å². The van der Waals surface area contributed by atoms with Gasteiger partial charge in [-0.1, -0.05) is 23.8 Å². The van der Waals surface area contributed by atoms with Crippen LogP contribution in [0.2, 0.25) is 0 Å². The maximum Gasteiger partial charge on any atom is 0.267 e. The molecule has 0 saturated heterocycles. The first-order valence-corrected chi connectivity index (χ1v) is 11.2. The van der Waals surface area contributed by atoms with Crippen LogP contribution in [0.4, 0.5) is 11.4 Å². The zero-order valence-corrected chi connectivity index (χ0v) is 18.1. The van der Waals surface area contributed by atoms with E-state index in [0.29, 0.717) is 26.8 Å². The van der Waals surface area contributed by atoms with Gasteiger partial charge < -0.3 is 11.1 Å². The average molecular weight is 444 g/mol. The second-order valence-corrected chi connectivity index (χ2v) is 8.91. The molecule has 0 saturated carbocycles. The number of aromatic nitrogens is 3. The topological polar surface area (TPSA) is 93.8 Å². The number of nitrogen functional groups attached to an aromatic ring is 1. The van der Waals surface area contributed by atoms with E-state index in [1.807, 2.05) is 54.8 Å². The van der Waals surface area contributed by atoms with Crippen LogP contribution in [0.5, 0.6) is 0 Å². The molecule has 0 aliphatic carbocycles. The third-order valence-electron chi connectivity index (χ3n) is 4.83. The van der Waals surface area contributed by atoms with E-state index in [-0.39, 0.29) is 5.91 Å². The molecule has 4 aromatic heterocycles. The molecule has 0 aliphatic heterocycles. The van der Waals surface area contributed by atoms with Crippen molar-refractivity contribution in [2.75, 3.05) is 11.1 Å². The fourth-order valence-electron chi connectivity index (χ4n) is 3.30. The van der Waals surface area contributed by atoms with Gasteiger partial charge in [0.15, 0.2) is 0 Å². The summed E-state index contributed by atoms with van der Waals surface area (Å²) >= 11 is 2.89. The highest BCUT2D eigenvalue weighted by atomic mass is 32.1. The van der Waals surface area contributed by atoms with Gasteiger partial charge in [0.05, 0.1) is 17.6 Å². The number of pyridine rings is 1. The van der Waals surface area contributed by atoms with Gasteiger partial charge in [0.1, 0.15) is 15.4 Å². The van der Waals surface area contributed by atoms with Gasteiger partial charge in [-0.2, -0.15) is 0 Å². The summed E-state index contributed by atoms with van der Waals surface area (Å²) in [6.07, 6.45) is 4.93. The van der Waals surface area contributed by atoms with E-state index < -0.39 is 0 Å². The lowest BCUT2D eigenvalue weighted by Crippen LogP contribution is -2.11. The van der Waals surface area contributed by atoms with E-state index in [2.05, 4.69) is 15.3 Å². The summed E-state index contributed by atoms with van der Waals surface area (Å²) in [4.78, 5) is 28.5. The third-order valence-corrected chi connectivity index (χ3v) is 6.83. The lowest BCUT2D eigenvalue weighted by atomic mass is 10.1. The molecule has 0 aliphatic rings. The Hall–Kier alpha value is -3.62. The number of fused-ring (bicyclic) bond motifs is 1. The van der Waals surface area contributed by atoms with Crippen molar-refractivity contribution in [3.8, 4) is 21.8 Å². The lowest BCUT2D eigenvalue weighted by Gasteiger charge is -2.07. The van der Waals surface area contributed by atoms with Crippen molar-refractivity contribution in [2.45, 2.75) is 6.92 Å². The van der Waals surface area contributed by atoms with E-state index in [0.717, 1.165) is 27.1 Å². The quantitative estimate of drug-likeness (QED) is 0.376. The Morgan fingerprint density at radius 1 is 1.10 bits per heavy atom. The summed E-state index contributed by atoms with van der Waals surface area (Å²) in [6.45, 7) is 2.00. The molecule has 5 rings (SSSR count). The molecule has 0 bridgehead atoms. The number of hydrogen-bond donors (Lipinski definition) is 2. The van der Waals surface area contributed by atoms with E-state index in [4.69, 9.17) is 10.7 Å². The third kappa shape index (κ3) is 3.67. The molecule has 0 radical (unpaired) electrons. The zero-order valence-electron chi connectivity index (χ0n) is 16.5. The maximum atomic E-state index is 13.0. The van der Waals surface area contributed by atoms with Crippen LogP contribution in [0.25, 0.3) is 32.0 Å². The summed E-state index contributed by atoms with van der Waals surface area (Å²) in [5.41, 5.74) is 11.1. The Labute approximate surface area is 186 Å². The van der Waals surface area contributed by atoms with Crippen molar-refractivity contribution in [1.29, 1.82) is 0 Å². The number of anilines is 2. The largest absolute Gasteiger partial charge is 0.397 e. The van der Waals surface area contributed by atoms with Gasteiger partial charge >= 0.3 is 0 Å². The summed E-state index contributed by atoms with van der Waals surface area (Å²) < 4.78 is 0. The number of nitrogens with two attached hydrogens (primary N) is 1. The number of amides is 1. The number of carbonyl (C=O) groups is 1. The number of nitrogens with one attached hydrogen (secondary N) is 1. The monoisotopic (exact) mass is 443 g/mol. The van der Waals surface area contributed by atoms with Crippen molar-refractivity contribution in [2.24, 2.45) is 0 Å². The van der Waals surface area contributed by atoms with Gasteiger partial charge in [0.25, 0.3) is 5.91 Å². The summed E-state index contributed by atoms with van der Waals surface area (Å²) in [5.74, 6) is -0.248. The van der Waals surface area contributed by atoms with E-state index in [1.54, 1.807) is 29.9 Å². The molecule has 0 atom stereocenters. The van der Waals surface area contributed by atoms with Crippen LogP contribution in [0.3, 0.4) is 0 Å². The first-order chi connectivity index (χ1) is 15.1. The molecular weight excluding hydrogens is 426 g/mol. The van der Waals surface area contributed by atoms with Crippen LogP contribution in [-0.4, -0.2) is 20.9 Å². The van der Waals surface area contributed by atoms with Crippen molar-refractivity contribution in [1.82, 2.24) is 15.0 Å². The van der Waals surface area contributed by atoms with Crippen LogP contribution in [-0.2, 0) is 0 Å². The van der Waals surface area contributed by atoms with Crippen molar-refractivity contribution < 1.29 is 4.79 Å². The molecule has 6 nitrogen and oxygen atoms in total. The first kappa shape index (κ1) is 19.3. The molecular formula is C23H17N5OS2. The molecule has 152 valence electrons. The number of rotatable bonds is 4. The molecule has 3 N–H and O–H groups in total. The van der Waals surface area contributed by atoms with Crippen LogP contribution >= 0.6 is 22.7 Å². The molecule has 5 aromatic rings. The molecule has 0 unspecified atom stereocenters. The van der Waals surface area contributed by atoms with Crippen LogP contribution in [0, 0.1) is 6.92 Å². The second-order valence-electron chi connectivity index (χ2n) is 6.97. The van der Waals surface area contributed by atoms with Crippen LogP contribution in [0.1, 0.15) is 15.2 Å². The number of benzene rings is 1. The van der Waals surface area contributed by atoms with Crippen LogP contribution < -0.4 is 11.1 Å². The average Bonchev–Trinajstić information content (AvgIpc) is 3.44. The minimum atomic E-state index is -0.248. The first-order valence-electron chi connectivity index (χ1n) is 9.51. The summed E-state index contributed by atoms with van der Waals surface area (Å²) in [6, 6.07) is 13.6. The molecule has 8 heteroatoms. The van der Waals surface area contributed by atoms with Gasteiger partial charge in [-0.3, -0.25) is 14.8 Å². The molecule has 1 amide bonds. The predicted molar refractivity (Wildman–Crippen MR) is 128 cm³/mol. The maximum absolute atomic E-state index is 13.0. The summed E-state index contributed by atoms with van der Waals surface area (Å²) in [7, 11) is 0. The van der Waals surface area contributed by atoms with Crippen LogP contribution in [0.15, 0.2) is 66.4 Å². The molecule has 4 heterocycles. The van der Waals surface area contributed by atoms with Gasteiger partial charge in [-0.15, -0.1) is 22.7 Å². The van der Waals surface area contributed by atoms with E-state index in [9.17, 15) is 4.79 Å². The number of nitrogens with zero attached hydrogens (tertiary/aromatic N) is 3. The van der Waals surface area contributed by atoms with Gasteiger partial charge in [-0.05, 0) is 36.6 Å². The zero-order chi connectivity index (χ0) is 21.4. The fraction of sp³-hybridized carbons (Fsp3) is 0.0435. The Kier molecular flexibility index (Phi) is 4.93. The molecule has 31 heavy (non-hydrogen) atoms. The second kappa shape index (κ2) is 7.90. The normalized spacial score (nSPS) is 11.0. The number of thiophene rings is 2. The fourth-order valence-corrected chi connectivity index (χ4v) is 5.07. The smallest absolute Gasteiger partial charge is 0.267 e. The number of hydrogen-bond acceptors (Lipinski definition) is 7. The minimum absolute atomic E-state index is 0.248. The standard InChI is InChI=1S/C23H17N5OS2/c1-13-4-6-14(7-5-13)27-22(29)21-20(24)19-15(18-3-2-10-30-18)11-16(28-23(19)31-21)17-12-25-8-9-26-17/h2-12H,24H2,1H3,(H,27,29). The minimum Gasteiger partial charge on any atom is -0.397 e. The Balaban J connectivity index is 1.64. The van der Waals surface area contributed by atoms with Crippen molar-refractivity contribution >= 4 is 50.2 Å². The van der Waals surface area contributed by atoms with Gasteiger partial charge in [0, 0.05) is 33.9 Å². The highest BCUT2D eigenvalue weighted by Crippen LogP contribution is 2.42. The van der Waals surface area contributed by atoms with Crippen molar-refractivity contribution in [3.05, 3.63) is 76.9 Å². The molecule has 0 spiro atoms. The number of carbonyl (C=O) groups excluding carboxylic acids is 1. The Morgan fingerprint density at radius 3 is 2.65 bits per heavy atom. The van der Waals surface area contributed by atoms with Gasteiger partial charge in [-0.25, -0.2) is 4.98 Å². The summed E-state index contributed by atoms with van der Waals surface area (Å²) in [5, 5.41) is 5.73. The highest BCUT2D eigenvalue weighted by Gasteiger charge is 2.22. The Bertz CT molecular complexity index is 1380. The SMILES string of the molecule is Cc1ccc(NC(=O)c2sc3nc(-c4cnccn4)cc(-c4cccs4)c3c2N)cc1. The molecule has 0 fully saturated rings. The van der Waals surface area contributed by atoms with E-state index >= 15 is 0 Å². The highest BCUT2D eigenvalue weighted by molar-refractivity contribution is 7.21. The van der Waals surface area contributed by atoms with E-state index in [1.165, 1.54) is 11.3 Å².